The highest BCUT2D eigenvalue weighted by Gasteiger charge is 2.38. The predicted octanol–water partition coefficient (Wildman–Crippen LogP) is 9.32. The van der Waals surface area contributed by atoms with Crippen LogP contribution in [0, 0.1) is 25.7 Å². The van der Waals surface area contributed by atoms with Gasteiger partial charge in [-0.15, -0.1) is 0 Å². The van der Waals surface area contributed by atoms with Crippen LogP contribution in [0.15, 0.2) is 84.6 Å². The Kier molecular flexibility index (Phi) is 10.1. The van der Waals surface area contributed by atoms with Crippen molar-refractivity contribution in [1.29, 1.82) is 0 Å². The number of aliphatic hydroxyl groups excluding tert-OH is 2. The Morgan fingerprint density at radius 1 is 0.574 bits per heavy atom. The molecule has 0 spiro atoms. The van der Waals surface area contributed by atoms with Crippen molar-refractivity contribution in [2.45, 2.75) is 41.5 Å². The SMILES string of the molecule is COc1cccc(N/C=C2\C(=O)C(O)=C(C(C)C)c3cc(C)c(-c4c(C)cc5c(c4O)/C(=C/Nc4cccc(OC)c4)C(=O)C(O)=C5C(C)C)c(O)c32)c1. The molecule has 278 valence electrons. The number of fused-ring (bicyclic) bond motifs is 2. The third-order valence-electron chi connectivity index (χ3n) is 9.86. The van der Waals surface area contributed by atoms with E-state index in [2.05, 4.69) is 10.6 Å². The van der Waals surface area contributed by atoms with Crippen molar-refractivity contribution in [2.24, 2.45) is 11.8 Å². The number of carbonyl (C=O) groups is 2. The number of nitrogens with one attached hydrogen (secondary N) is 2. The van der Waals surface area contributed by atoms with Gasteiger partial charge in [0, 0.05) is 69.3 Å². The Balaban J connectivity index is 1.61. The molecule has 4 aromatic rings. The third-order valence-corrected chi connectivity index (χ3v) is 9.86. The number of anilines is 2. The van der Waals surface area contributed by atoms with Crippen LogP contribution in [0.4, 0.5) is 11.4 Å². The number of Topliss-reactive ketones (excluding diaryl/α,β-unsaturated/α-hetero) is 2. The van der Waals surface area contributed by atoms with Gasteiger partial charge < -0.3 is 40.5 Å². The quantitative estimate of drug-likeness (QED) is 0.0918. The van der Waals surface area contributed by atoms with Gasteiger partial charge in [-0.2, -0.15) is 0 Å². The summed E-state index contributed by atoms with van der Waals surface area (Å²) in [5, 5.41) is 53.4. The maximum absolute atomic E-state index is 13.9. The van der Waals surface area contributed by atoms with Gasteiger partial charge >= 0.3 is 0 Å². The van der Waals surface area contributed by atoms with Crippen LogP contribution in [-0.2, 0) is 9.59 Å². The van der Waals surface area contributed by atoms with Crippen LogP contribution in [0.25, 0.3) is 33.4 Å². The van der Waals surface area contributed by atoms with Crippen molar-refractivity contribution in [3.8, 4) is 34.1 Å². The number of rotatable bonds is 9. The molecule has 6 N–H and O–H groups in total. The zero-order chi connectivity index (χ0) is 39.2. The summed E-state index contributed by atoms with van der Waals surface area (Å²) in [5.74, 6) is -2.15. The van der Waals surface area contributed by atoms with Crippen LogP contribution in [0.2, 0.25) is 0 Å². The van der Waals surface area contributed by atoms with Crippen molar-refractivity contribution < 1.29 is 39.5 Å². The highest BCUT2D eigenvalue weighted by molar-refractivity contribution is 6.35. The Morgan fingerprint density at radius 3 is 1.28 bits per heavy atom. The van der Waals surface area contributed by atoms with E-state index in [1.54, 1.807) is 88.7 Å². The number of aryl methyl sites for hydroxylation is 2. The lowest BCUT2D eigenvalue weighted by Crippen LogP contribution is -2.20. The Hall–Kier alpha value is -6.42. The molecule has 10 nitrogen and oxygen atoms in total. The van der Waals surface area contributed by atoms with E-state index in [1.165, 1.54) is 12.4 Å². The van der Waals surface area contributed by atoms with Gasteiger partial charge in [0.25, 0.3) is 0 Å². The summed E-state index contributed by atoms with van der Waals surface area (Å²) >= 11 is 0. The number of aliphatic hydroxyl groups is 2. The molecule has 0 aliphatic heterocycles. The molecule has 0 atom stereocenters. The maximum Gasteiger partial charge on any atom is 0.229 e. The first-order valence-corrected chi connectivity index (χ1v) is 17.6. The average Bonchev–Trinajstić information content (AvgIpc) is 3.13. The molecule has 0 saturated heterocycles. The van der Waals surface area contributed by atoms with Gasteiger partial charge in [0.1, 0.15) is 23.0 Å². The van der Waals surface area contributed by atoms with E-state index in [-0.39, 0.29) is 56.7 Å². The second-order valence-corrected chi connectivity index (χ2v) is 14.0. The monoisotopic (exact) mass is 728 g/mol. The van der Waals surface area contributed by atoms with Gasteiger partial charge in [0.15, 0.2) is 11.5 Å². The van der Waals surface area contributed by atoms with E-state index in [9.17, 15) is 30.0 Å². The summed E-state index contributed by atoms with van der Waals surface area (Å²) in [5.41, 5.74) is 4.90. The Labute approximate surface area is 314 Å². The maximum atomic E-state index is 13.9. The van der Waals surface area contributed by atoms with Gasteiger partial charge in [-0.05, 0) is 72.2 Å². The van der Waals surface area contributed by atoms with Crippen molar-refractivity contribution in [3.63, 3.8) is 0 Å². The molecule has 2 aliphatic rings. The molecule has 2 aliphatic carbocycles. The fourth-order valence-corrected chi connectivity index (χ4v) is 7.36. The van der Waals surface area contributed by atoms with Crippen molar-refractivity contribution in [3.05, 3.63) is 118 Å². The predicted molar refractivity (Wildman–Crippen MR) is 213 cm³/mol. The fourth-order valence-electron chi connectivity index (χ4n) is 7.36. The van der Waals surface area contributed by atoms with E-state index in [4.69, 9.17) is 9.47 Å². The first-order valence-electron chi connectivity index (χ1n) is 17.6. The van der Waals surface area contributed by atoms with Crippen molar-refractivity contribution in [2.75, 3.05) is 24.9 Å². The van der Waals surface area contributed by atoms with E-state index < -0.39 is 23.1 Å². The van der Waals surface area contributed by atoms with Crippen LogP contribution < -0.4 is 20.1 Å². The molecular weight excluding hydrogens is 684 g/mol. The Morgan fingerprint density at radius 2 is 0.944 bits per heavy atom. The number of allylic oxidation sites excluding steroid dienone is 4. The first kappa shape index (κ1) is 37.3. The number of hydrogen-bond acceptors (Lipinski definition) is 10. The Bertz CT molecular complexity index is 2200. The smallest absolute Gasteiger partial charge is 0.229 e. The fraction of sp³-hybridized carbons (Fsp3) is 0.227. The molecular formula is C44H44N2O8. The lowest BCUT2D eigenvalue weighted by molar-refractivity contribution is -0.113. The van der Waals surface area contributed by atoms with E-state index >= 15 is 0 Å². The summed E-state index contributed by atoms with van der Waals surface area (Å²) in [6.45, 7) is 11.0. The highest BCUT2D eigenvalue weighted by atomic mass is 16.5. The third kappa shape index (κ3) is 6.33. The number of ether oxygens (including phenoxy) is 2. The second-order valence-electron chi connectivity index (χ2n) is 14.0. The van der Waals surface area contributed by atoms with Crippen LogP contribution >= 0.6 is 0 Å². The number of phenols is 2. The van der Waals surface area contributed by atoms with Gasteiger partial charge in [-0.25, -0.2) is 0 Å². The molecule has 10 heteroatoms. The standard InChI is InChI=1S/C44H44N2O8/c1-21(2)33-29-15-23(5)35(41(49)37(29)31(39(47)43(33)51)19-45-25-11-9-13-27(17-25)53-7)36-24(6)16-30-34(22(3)4)44(52)40(48)32(38(30)42(36)50)20-46-26-12-10-14-28(18-26)54-8/h9-22,45-46,49-52H,1-8H3/b31-19-,32-20-. The van der Waals surface area contributed by atoms with Gasteiger partial charge in [-0.3, -0.25) is 9.59 Å². The minimum absolute atomic E-state index is 0.0109. The molecule has 0 heterocycles. The summed E-state index contributed by atoms with van der Waals surface area (Å²) in [6, 6.07) is 17.7. The van der Waals surface area contributed by atoms with Crippen LogP contribution in [-0.4, -0.2) is 46.2 Å². The number of ketones is 2. The van der Waals surface area contributed by atoms with E-state index in [0.29, 0.717) is 56.3 Å². The van der Waals surface area contributed by atoms with E-state index in [0.717, 1.165) is 0 Å². The van der Waals surface area contributed by atoms with E-state index in [1.807, 2.05) is 27.7 Å². The second kappa shape index (κ2) is 14.5. The molecule has 0 fully saturated rings. The summed E-state index contributed by atoms with van der Waals surface area (Å²) in [7, 11) is 3.09. The summed E-state index contributed by atoms with van der Waals surface area (Å²) in [4.78, 5) is 27.8. The normalized spacial score (nSPS) is 15.7. The topological polar surface area (TPSA) is 158 Å². The van der Waals surface area contributed by atoms with Gasteiger partial charge in [0.2, 0.25) is 11.6 Å². The van der Waals surface area contributed by atoms with Gasteiger partial charge in [-0.1, -0.05) is 52.0 Å². The molecule has 0 bridgehead atoms. The number of hydrogen-bond donors (Lipinski definition) is 6. The zero-order valence-corrected chi connectivity index (χ0v) is 31.5. The zero-order valence-electron chi connectivity index (χ0n) is 31.5. The largest absolute Gasteiger partial charge is 0.507 e. The molecule has 0 aromatic heterocycles. The lowest BCUT2D eigenvalue weighted by Gasteiger charge is -2.29. The lowest BCUT2D eigenvalue weighted by atomic mass is 9.75. The molecule has 54 heavy (non-hydrogen) atoms. The minimum atomic E-state index is -0.681. The van der Waals surface area contributed by atoms with Crippen molar-refractivity contribution in [1.82, 2.24) is 0 Å². The molecule has 0 radical (unpaired) electrons. The van der Waals surface area contributed by atoms with Crippen LogP contribution in [0.1, 0.15) is 61.1 Å². The first-order chi connectivity index (χ1) is 25.7. The number of benzene rings is 4. The van der Waals surface area contributed by atoms with Gasteiger partial charge in [0.05, 0.1) is 25.4 Å². The average molecular weight is 729 g/mol. The molecule has 0 saturated carbocycles. The van der Waals surface area contributed by atoms with Crippen molar-refractivity contribution >= 4 is 45.2 Å². The summed E-state index contributed by atoms with van der Waals surface area (Å²) < 4.78 is 10.7. The summed E-state index contributed by atoms with van der Waals surface area (Å²) in [6.07, 6.45) is 2.88. The molecule has 6 rings (SSSR count). The van der Waals surface area contributed by atoms with Crippen LogP contribution in [0.3, 0.4) is 0 Å². The number of aromatic hydroxyl groups is 2. The number of carbonyl (C=O) groups excluding carboxylic acids is 2. The highest BCUT2D eigenvalue weighted by Crippen LogP contribution is 2.53. The molecule has 0 amide bonds. The molecule has 0 unspecified atom stereocenters. The number of phenolic OH excluding ortho intramolecular Hbond substituents is 2. The number of methoxy groups -OCH3 is 2. The molecule has 4 aromatic carbocycles. The minimum Gasteiger partial charge on any atom is -0.507 e. The van der Waals surface area contributed by atoms with Crippen LogP contribution in [0.5, 0.6) is 23.0 Å².